The Labute approximate surface area is 371 Å². The van der Waals surface area contributed by atoms with Crippen molar-refractivity contribution in [2.75, 3.05) is 0 Å². The third-order valence-electron chi connectivity index (χ3n) is 7.73. The van der Waals surface area contributed by atoms with Gasteiger partial charge in [-0.05, 0) is 47.2 Å². The molecule has 0 aliphatic carbocycles. The van der Waals surface area contributed by atoms with Gasteiger partial charge in [0.05, 0.1) is 4.92 Å². The average Bonchev–Trinajstić information content (AvgIpc) is 3.12. The summed E-state index contributed by atoms with van der Waals surface area (Å²) in [6.07, 6.45) is 0. The Balaban J connectivity index is 0.000000298. The van der Waals surface area contributed by atoms with Gasteiger partial charge in [0.15, 0.2) is 0 Å². The average molecular weight is 843 g/mol. The van der Waals surface area contributed by atoms with Gasteiger partial charge in [0.25, 0.3) is 15.8 Å². The van der Waals surface area contributed by atoms with Crippen LogP contribution in [0.4, 0.5) is 28.4 Å². The molecule has 0 aliphatic heterocycles. The molecule has 0 spiro atoms. The van der Waals surface area contributed by atoms with Crippen molar-refractivity contribution >= 4 is 82.5 Å². The van der Waals surface area contributed by atoms with Crippen molar-refractivity contribution in [1.29, 1.82) is 0 Å². The van der Waals surface area contributed by atoms with E-state index in [4.69, 9.17) is 11.6 Å². The molecule has 0 atom stereocenters. The summed E-state index contributed by atoms with van der Waals surface area (Å²) in [7, 11) is -4.81. The summed E-state index contributed by atoms with van der Waals surface area (Å²) < 4.78 is 33.0. The molecule has 55 heavy (non-hydrogen) atoms. The van der Waals surface area contributed by atoms with Gasteiger partial charge in [-0.1, -0.05) is 72.3 Å². The minimum atomic E-state index is -4.81. The van der Waals surface area contributed by atoms with Crippen molar-refractivity contribution in [1.82, 2.24) is 0 Å². The number of fused-ring (bicyclic) bond motifs is 3. The molecule has 0 fully saturated rings. The molecule has 0 aliphatic rings. The molecule has 0 saturated heterocycles. The molecule has 0 aromatic heterocycles. The first-order valence-corrected chi connectivity index (χ1v) is 16.8. The van der Waals surface area contributed by atoms with Crippen LogP contribution in [-0.2, 0) is 26.9 Å². The third kappa shape index (κ3) is 10.2. The first-order valence-electron chi connectivity index (χ1n) is 15.0. The summed E-state index contributed by atoms with van der Waals surface area (Å²) in [5, 5.41) is 70.7. The second kappa shape index (κ2) is 19.1. The third-order valence-corrected chi connectivity index (χ3v) is 8.86. The number of hydrogen-bond donors (Lipinski definition) is 5. The number of rotatable bonds is 6. The first-order chi connectivity index (χ1) is 24.8. The van der Waals surface area contributed by atoms with Crippen molar-refractivity contribution in [2.45, 2.75) is 4.90 Å². The van der Waals surface area contributed by atoms with Gasteiger partial charge in [0.2, 0.25) is 0 Å². The van der Waals surface area contributed by atoms with Gasteiger partial charge in [-0.15, -0.1) is 20.5 Å². The molecule has 269 valence electrons. The van der Waals surface area contributed by atoms with E-state index in [0.29, 0.717) is 16.1 Å². The van der Waals surface area contributed by atoms with Gasteiger partial charge in [0.1, 0.15) is 50.6 Å². The van der Waals surface area contributed by atoms with Gasteiger partial charge >= 0.3 is 59.1 Å². The molecular weight excluding hydrogens is 819 g/mol. The van der Waals surface area contributed by atoms with E-state index in [1.807, 2.05) is 24.3 Å². The topological polar surface area (TPSA) is 228 Å². The summed E-state index contributed by atoms with van der Waals surface area (Å²) in [6, 6.07) is 29.6. The molecule has 7 aromatic rings. The number of nitro benzene ring substituents is 1. The second-order valence-electron chi connectivity index (χ2n) is 11.0. The Hall–Kier alpha value is -4.17. The quantitative estimate of drug-likeness (QED) is 0.0528. The zero-order chi connectivity index (χ0) is 37.2. The summed E-state index contributed by atoms with van der Waals surface area (Å²) in [6.45, 7) is 0. The van der Waals surface area contributed by atoms with Gasteiger partial charge in [-0.25, -0.2) is 0 Å². The number of phenolic OH excluding ortho intramolecular Hbond substituents is 4. The van der Waals surface area contributed by atoms with E-state index >= 15 is 0 Å². The Morgan fingerprint density at radius 2 is 1.05 bits per heavy atom. The van der Waals surface area contributed by atoms with Crippen LogP contribution in [0.15, 0.2) is 141 Å². The summed E-state index contributed by atoms with van der Waals surface area (Å²) >= 11 is 5.86. The number of nitro groups is 1. The van der Waals surface area contributed by atoms with Crippen LogP contribution >= 0.6 is 11.6 Å². The Morgan fingerprint density at radius 1 is 0.564 bits per heavy atom. The van der Waals surface area contributed by atoms with E-state index in [2.05, 4.69) is 20.5 Å². The predicted molar refractivity (Wildman–Crippen MR) is 195 cm³/mol. The van der Waals surface area contributed by atoms with E-state index in [0.717, 1.165) is 34.4 Å². The summed E-state index contributed by atoms with van der Waals surface area (Å²) in [5.74, 6) is -0.796. The van der Waals surface area contributed by atoms with Crippen molar-refractivity contribution in [3.05, 3.63) is 130 Å². The fourth-order valence-electron chi connectivity index (χ4n) is 5.26. The van der Waals surface area contributed by atoms with E-state index in [1.54, 1.807) is 48.5 Å². The van der Waals surface area contributed by atoms with Gasteiger partial charge in [-0.3, -0.25) is 14.7 Å². The van der Waals surface area contributed by atoms with Crippen molar-refractivity contribution in [3.63, 3.8) is 0 Å². The van der Waals surface area contributed by atoms with Crippen LogP contribution in [0.2, 0.25) is 5.02 Å². The van der Waals surface area contributed by atoms with Crippen LogP contribution in [0.1, 0.15) is 0 Å². The fourth-order valence-corrected chi connectivity index (χ4v) is 6.13. The largest absolute Gasteiger partial charge is 1.00 e. The number of aromatic hydroxyl groups is 4. The van der Waals surface area contributed by atoms with Gasteiger partial charge in [0, 0.05) is 61.5 Å². The molecule has 0 saturated carbocycles. The smallest absolute Gasteiger partial charge is 0.506 e. The van der Waals surface area contributed by atoms with Crippen molar-refractivity contribution < 1.29 is 114 Å². The number of halogens is 1. The summed E-state index contributed by atoms with van der Waals surface area (Å²) in [4.78, 5) is 9.67. The number of phenols is 4. The van der Waals surface area contributed by atoms with Gasteiger partial charge in [-0.2, -0.15) is 8.42 Å². The van der Waals surface area contributed by atoms with Crippen molar-refractivity contribution in [2.24, 2.45) is 20.5 Å². The van der Waals surface area contributed by atoms with E-state index < -0.39 is 31.4 Å². The molecule has 7 aromatic carbocycles. The monoisotopic (exact) mass is 842 g/mol. The number of benzene rings is 7. The Kier molecular flexibility index (Phi) is 15.7. The SMILES string of the molecule is O=[N+]([O-])c1ccc2c(N=Nc3c(O)ccc4ccccc34)c(O)cc(S(=O)(=O)O)c2c1.Oc1ccc(Cl)cc1N=Nc1c(O)ccc2ccccc12.[Co].[Na+].[Na+]. The van der Waals surface area contributed by atoms with Crippen LogP contribution in [0.3, 0.4) is 0 Å². The zero-order valence-corrected chi connectivity index (χ0v) is 35.3. The normalized spacial score (nSPS) is 11.1. The van der Waals surface area contributed by atoms with Crippen LogP contribution in [0.5, 0.6) is 23.0 Å². The van der Waals surface area contributed by atoms with Crippen molar-refractivity contribution in [3.8, 4) is 23.0 Å². The number of non-ortho nitro benzene ring substituents is 1. The first kappa shape index (κ1) is 45.2. The number of azo groups is 2. The van der Waals surface area contributed by atoms with E-state index in [1.165, 1.54) is 24.3 Å². The molecule has 7 rings (SSSR count). The Morgan fingerprint density at radius 3 is 1.58 bits per heavy atom. The maximum Gasteiger partial charge on any atom is 1.00 e. The minimum absolute atomic E-state index is 0. The molecule has 0 unspecified atom stereocenters. The van der Waals surface area contributed by atoms with Crippen LogP contribution < -0.4 is 59.1 Å². The molecular formula is C36H24ClCoN5Na2O9S+2. The minimum Gasteiger partial charge on any atom is -0.506 e. The number of hydrogen-bond acceptors (Lipinski definition) is 12. The standard InChI is InChI=1S/C20H13N3O7S.C16H11ClN2O2.Co.2Na/c24-16-8-5-11-3-1-2-4-13(11)19(16)21-22-20-14-7-6-12(23(26)27)9-15(14)18(10-17(20)25)31(28,29)30;17-11-6-8-14(20)13(9-11)18-19-16-12-4-2-1-3-10(12)5-7-15(16)21;;;/h1-10,24-25H,(H,28,29,30);1-9,20-21H;;;/q;;;2*+1. The summed E-state index contributed by atoms with van der Waals surface area (Å²) in [5.41, 5.74) is 0.107. The predicted octanol–water partition coefficient (Wildman–Crippen LogP) is 4.30. The van der Waals surface area contributed by atoms with Crippen LogP contribution in [-0.4, -0.2) is 38.3 Å². The molecule has 0 heterocycles. The Bertz CT molecular complexity index is 2740. The maximum absolute atomic E-state index is 11.7. The van der Waals surface area contributed by atoms with Gasteiger partial charge < -0.3 is 20.4 Å². The molecule has 0 bridgehead atoms. The fraction of sp³-hybridized carbons (Fsp3) is 0. The van der Waals surface area contributed by atoms with E-state index in [-0.39, 0.29) is 121 Å². The second-order valence-corrected chi connectivity index (χ2v) is 12.9. The number of nitrogens with zero attached hydrogens (tertiary/aromatic N) is 5. The zero-order valence-electron chi connectivity index (χ0n) is 28.7. The molecule has 19 heteroatoms. The van der Waals surface area contributed by atoms with Crippen LogP contribution in [0.25, 0.3) is 32.3 Å². The molecule has 1 radical (unpaired) electrons. The van der Waals surface area contributed by atoms with E-state index in [9.17, 15) is 43.5 Å². The molecule has 14 nitrogen and oxygen atoms in total. The maximum atomic E-state index is 11.7. The molecule has 5 N–H and O–H groups in total. The van der Waals surface area contributed by atoms with Crippen LogP contribution in [0, 0.1) is 10.1 Å². The molecule has 0 amide bonds.